The highest BCUT2D eigenvalue weighted by atomic mass is 16.5. The Hall–Kier alpha value is -2.93. The zero-order chi connectivity index (χ0) is 20.4. The summed E-state index contributed by atoms with van der Waals surface area (Å²) in [7, 11) is 1.67. The third-order valence-corrected chi connectivity index (χ3v) is 5.48. The van der Waals surface area contributed by atoms with Gasteiger partial charge in [0, 0.05) is 31.0 Å². The van der Waals surface area contributed by atoms with Gasteiger partial charge in [0.2, 0.25) is 0 Å². The SMILES string of the molecule is COc1cccc(Cc2c(C)nc3c(C(=O)NCC4CCCO4)cnn3c2C)c1. The first kappa shape index (κ1) is 19.4. The van der Waals surface area contributed by atoms with Gasteiger partial charge in [0.05, 0.1) is 19.4 Å². The molecule has 1 amide bonds. The summed E-state index contributed by atoms with van der Waals surface area (Å²) >= 11 is 0. The fraction of sp³-hybridized carbons (Fsp3) is 0.409. The molecule has 1 aliphatic rings. The van der Waals surface area contributed by atoms with Crippen molar-refractivity contribution in [2.45, 2.75) is 39.2 Å². The Morgan fingerprint density at radius 3 is 3.00 bits per heavy atom. The molecule has 152 valence electrons. The van der Waals surface area contributed by atoms with Crippen molar-refractivity contribution in [1.82, 2.24) is 19.9 Å². The number of carbonyl (C=O) groups excluding carboxylic acids is 1. The summed E-state index contributed by atoms with van der Waals surface area (Å²) in [6.07, 6.45) is 4.45. The number of carbonyl (C=O) groups is 1. The predicted octanol–water partition coefficient (Wildman–Crippen LogP) is 2.85. The molecule has 1 atom stereocenters. The van der Waals surface area contributed by atoms with E-state index in [4.69, 9.17) is 14.5 Å². The van der Waals surface area contributed by atoms with Crippen LogP contribution in [0.25, 0.3) is 5.65 Å². The molecular formula is C22H26N4O3. The van der Waals surface area contributed by atoms with E-state index in [1.54, 1.807) is 17.8 Å². The molecule has 0 bridgehead atoms. The molecular weight excluding hydrogens is 368 g/mol. The summed E-state index contributed by atoms with van der Waals surface area (Å²) in [5.41, 5.74) is 5.18. The first-order valence-electron chi connectivity index (χ1n) is 9.93. The summed E-state index contributed by atoms with van der Waals surface area (Å²) in [6.45, 7) is 5.27. The molecule has 7 heteroatoms. The lowest BCUT2D eigenvalue weighted by atomic mass is 10.0. The van der Waals surface area contributed by atoms with Crippen LogP contribution >= 0.6 is 0 Å². The van der Waals surface area contributed by atoms with E-state index in [1.165, 1.54) is 0 Å². The predicted molar refractivity (Wildman–Crippen MR) is 110 cm³/mol. The van der Waals surface area contributed by atoms with Gasteiger partial charge in [-0.15, -0.1) is 0 Å². The first-order valence-corrected chi connectivity index (χ1v) is 9.93. The largest absolute Gasteiger partial charge is 0.497 e. The average molecular weight is 394 g/mol. The second-order valence-electron chi connectivity index (χ2n) is 7.43. The van der Waals surface area contributed by atoms with E-state index in [0.717, 1.165) is 54.1 Å². The van der Waals surface area contributed by atoms with Crippen LogP contribution in [0.2, 0.25) is 0 Å². The van der Waals surface area contributed by atoms with E-state index < -0.39 is 0 Å². The summed E-state index contributed by atoms with van der Waals surface area (Å²) in [4.78, 5) is 17.4. The molecule has 0 spiro atoms. The van der Waals surface area contributed by atoms with E-state index in [1.807, 2.05) is 32.0 Å². The molecule has 1 aliphatic heterocycles. The Labute approximate surface area is 170 Å². The van der Waals surface area contributed by atoms with Gasteiger partial charge >= 0.3 is 0 Å². The van der Waals surface area contributed by atoms with Crippen LogP contribution in [0.15, 0.2) is 30.5 Å². The second-order valence-corrected chi connectivity index (χ2v) is 7.43. The van der Waals surface area contributed by atoms with Crippen molar-refractivity contribution in [1.29, 1.82) is 0 Å². The molecule has 1 saturated heterocycles. The lowest BCUT2D eigenvalue weighted by Crippen LogP contribution is -2.31. The Morgan fingerprint density at radius 1 is 1.38 bits per heavy atom. The Balaban J connectivity index is 1.59. The van der Waals surface area contributed by atoms with Crippen LogP contribution in [0, 0.1) is 13.8 Å². The highest BCUT2D eigenvalue weighted by Gasteiger charge is 2.21. The van der Waals surface area contributed by atoms with E-state index in [0.29, 0.717) is 17.8 Å². The topological polar surface area (TPSA) is 77.8 Å². The molecule has 3 aromatic rings. The molecule has 0 aliphatic carbocycles. The monoisotopic (exact) mass is 394 g/mol. The van der Waals surface area contributed by atoms with Crippen LogP contribution in [-0.4, -0.2) is 46.9 Å². The van der Waals surface area contributed by atoms with Crippen LogP contribution in [0.4, 0.5) is 0 Å². The van der Waals surface area contributed by atoms with Crippen LogP contribution < -0.4 is 10.1 Å². The van der Waals surface area contributed by atoms with Crippen molar-refractivity contribution in [3.63, 3.8) is 0 Å². The van der Waals surface area contributed by atoms with Crippen LogP contribution in [0.1, 0.15) is 45.7 Å². The third-order valence-electron chi connectivity index (χ3n) is 5.48. The summed E-state index contributed by atoms with van der Waals surface area (Å²) < 4.78 is 12.7. The number of nitrogens with zero attached hydrogens (tertiary/aromatic N) is 3. The van der Waals surface area contributed by atoms with Crippen LogP contribution in [0.3, 0.4) is 0 Å². The van der Waals surface area contributed by atoms with Gasteiger partial charge in [0.15, 0.2) is 5.65 Å². The molecule has 0 saturated carbocycles. The highest BCUT2D eigenvalue weighted by molar-refractivity contribution is 5.99. The molecule has 1 N–H and O–H groups in total. The lowest BCUT2D eigenvalue weighted by Gasteiger charge is -2.13. The average Bonchev–Trinajstić information content (AvgIpc) is 3.39. The molecule has 3 heterocycles. The minimum absolute atomic E-state index is 0.103. The summed E-state index contributed by atoms with van der Waals surface area (Å²) in [6, 6.07) is 8.00. The number of nitrogens with one attached hydrogen (secondary N) is 1. The van der Waals surface area contributed by atoms with Gasteiger partial charge in [0.25, 0.3) is 5.91 Å². The number of hydrogen-bond donors (Lipinski definition) is 1. The van der Waals surface area contributed by atoms with E-state index in [9.17, 15) is 4.79 Å². The van der Waals surface area contributed by atoms with Crippen molar-refractivity contribution < 1.29 is 14.3 Å². The zero-order valence-corrected chi connectivity index (χ0v) is 17.1. The van der Waals surface area contributed by atoms with Crippen molar-refractivity contribution in [2.24, 2.45) is 0 Å². The number of fused-ring (bicyclic) bond motifs is 1. The molecule has 29 heavy (non-hydrogen) atoms. The van der Waals surface area contributed by atoms with Gasteiger partial charge in [-0.2, -0.15) is 5.10 Å². The van der Waals surface area contributed by atoms with Gasteiger partial charge in [0.1, 0.15) is 11.3 Å². The number of methoxy groups -OCH3 is 1. The maximum absolute atomic E-state index is 12.7. The number of hydrogen-bond acceptors (Lipinski definition) is 5. The van der Waals surface area contributed by atoms with Gasteiger partial charge in [-0.1, -0.05) is 12.1 Å². The maximum atomic E-state index is 12.7. The highest BCUT2D eigenvalue weighted by Crippen LogP contribution is 2.22. The molecule has 7 nitrogen and oxygen atoms in total. The molecule has 4 rings (SSSR count). The van der Waals surface area contributed by atoms with E-state index >= 15 is 0 Å². The smallest absolute Gasteiger partial charge is 0.256 e. The maximum Gasteiger partial charge on any atom is 0.256 e. The number of amides is 1. The number of benzene rings is 1. The molecule has 1 fully saturated rings. The van der Waals surface area contributed by atoms with Crippen molar-refractivity contribution in [3.05, 3.63) is 58.5 Å². The number of aryl methyl sites for hydroxylation is 2. The van der Waals surface area contributed by atoms with Gasteiger partial charge < -0.3 is 14.8 Å². The Kier molecular flexibility index (Phi) is 5.49. The quantitative estimate of drug-likeness (QED) is 0.696. The Bertz CT molecular complexity index is 1040. The Morgan fingerprint density at radius 2 is 2.24 bits per heavy atom. The number of ether oxygens (including phenoxy) is 2. The normalized spacial score (nSPS) is 16.3. The van der Waals surface area contributed by atoms with E-state index in [2.05, 4.69) is 16.5 Å². The summed E-state index contributed by atoms with van der Waals surface area (Å²) in [5.74, 6) is 0.665. The zero-order valence-electron chi connectivity index (χ0n) is 17.1. The lowest BCUT2D eigenvalue weighted by molar-refractivity contribution is 0.0859. The minimum Gasteiger partial charge on any atom is -0.497 e. The van der Waals surface area contributed by atoms with Gasteiger partial charge in [-0.25, -0.2) is 9.50 Å². The van der Waals surface area contributed by atoms with Gasteiger partial charge in [-0.3, -0.25) is 4.79 Å². The second kappa shape index (κ2) is 8.21. The fourth-order valence-electron chi connectivity index (χ4n) is 3.82. The van der Waals surface area contributed by atoms with Gasteiger partial charge in [-0.05, 0) is 49.9 Å². The van der Waals surface area contributed by atoms with Crippen LogP contribution in [-0.2, 0) is 11.2 Å². The molecule has 0 radical (unpaired) electrons. The fourth-order valence-corrected chi connectivity index (χ4v) is 3.82. The van der Waals surface area contributed by atoms with Crippen molar-refractivity contribution >= 4 is 11.6 Å². The number of aromatic nitrogens is 3. The molecule has 2 aromatic heterocycles. The third kappa shape index (κ3) is 3.96. The molecule has 1 aromatic carbocycles. The standard InChI is InChI=1S/C22H26N4O3/c1-14-19(11-16-6-4-7-17(10-16)28-3)15(2)26-21(25-14)20(13-24-26)22(27)23-12-18-8-5-9-29-18/h4,6-7,10,13,18H,5,8-9,11-12H2,1-3H3,(H,23,27). The summed E-state index contributed by atoms with van der Waals surface area (Å²) in [5, 5.41) is 7.39. The number of rotatable bonds is 6. The van der Waals surface area contributed by atoms with Crippen molar-refractivity contribution in [3.8, 4) is 5.75 Å². The van der Waals surface area contributed by atoms with E-state index in [-0.39, 0.29) is 12.0 Å². The van der Waals surface area contributed by atoms with Crippen LogP contribution in [0.5, 0.6) is 5.75 Å². The minimum atomic E-state index is -0.164. The first-order chi connectivity index (χ1) is 14.1. The van der Waals surface area contributed by atoms with Crippen molar-refractivity contribution in [2.75, 3.05) is 20.3 Å². The molecule has 1 unspecified atom stereocenters.